The summed E-state index contributed by atoms with van der Waals surface area (Å²) in [6.07, 6.45) is 0.905. The lowest BCUT2D eigenvalue weighted by molar-refractivity contribution is 0.745. The van der Waals surface area contributed by atoms with Crippen LogP contribution < -0.4 is 5.73 Å². The number of thiophene rings is 2. The summed E-state index contributed by atoms with van der Waals surface area (Å²) in [4.78, 5) is 2.57. The number of halogens is 2. The van der Waals surface area contributed by atoms with Gasteiger partial charge in [-0.15, -0.1) is 22.7 Å². The van der Waals surface area contributed by atoms with Gasteiger partial charge < -0.3 is 5.73 Å². The molecule has 1 atom stereocenters. The van der Waals surface area contributed by atoms with Crippen LogP contribution >= 0.6 is 54.5 Å². The molecule has 0 aromatic carbocycles. The van der Waals surface area contributed by atoms with Crippen molar-refractivity contribution in [2.75, 3.05) is 0 Å². The molecule has 0 saturated heterocycles. The SMILES string of the molecule is Cc1cc(C(N)Cc2cc(Br)cs2)sc1Br. The Bertz CT molecular complexity index is 470. The van der Waals surface area contributed by atoms with Gasteiger partial charge in [0.05, 0.1) is 3.79 Å². The van der Waals surface area contributed by atoms with E-state index in [1.807, 2.05) is 0 Å². The van der Waals surface area contributed by atoms with Crippen molar-refractivity contribution in [1.29, 1.82) is 0 Å². The van der Waals surface area contributed by atoms with E-state index in [0.29, 0.717) is 0 Å². The molecule has 2 heterocycles. The minimum absolute atomic E-state index is 0.0977. The standard InChI is InChI=1S/C11H11Br2NS2/c1-6-2-10(16-11(6)13)9(14)4-8-3-7(12)5-15-8/h2-3,5,9H,4,14H2,1H3. The summed E-state index contributed by atoms with van der Waals surface area (Å²) in [6.45, 7) is 2.10. The molecule has 2 aromatic heterocycles. The molecular weight excluding hydrogens is 370 g/mol. The molecule has 0 bridgehead atoms. The fourth-order valence-electron chi connectivity index (χ4n) is 1.44. The number of nitrogens with two attached hydrogens (primary N) is 1. The minimum atomic E-state index is 0.0977. The van der Waals surface area contributed by atoms with Gasteiger partial charge in [0.25, 0.3) is 0 Å². The Kier molecular flexibility index (Phi) is 4.24. The Balaban J connectivity index is 2.11. The molecule has 1 nitrogen and oxygen atoms in total. The third-order valence-electron chi connectivity index (χ3n) is 2.28. The molecule has 0 fully saturated rings. The van der Waals surface area contributed by atoms with Gasteiger partial charge in [-0.25, -0.2) is 0 Å². The van der Waals surface area contributed by atoms with Crippen molar-refractivity contribution in [2.24, 2.45) is 5.73 Å². The molecule has 0 saturated carbocycles. The van der Waals surface area contributed by atoms with Gasteiger partial charge in [-0.2, -0.15) is 0 Å². The van der Waals surface area contributed by atoms with Crippen molar-refractivity contribution in [3.8, 4) is 0 Å². The lowest BCUT2D eigenvalue weighted by atomic mass is 10.1. The summed E-state index contributed by atoms with van der Waals surface area (Å²) in [5.41, 5.74) is 7.47. The van der Waals surface area contributed by atoms with Crippen molar-refractivity contribution in [3.05, 3.63) is 41.1 Å². The van der Waals surface area contributed by atoms with E-state index in [0.717, 1.165) is 10.9 Å². The van der Waals surface area contributed by atoms with E-state index < -0.39 is 0 Å². The molecule has 2 aromatic rings. The molecule has 0 amide bonds. The first-order valence-corrected chi connectivity index (χ1v) is 8.09. The monoisotopic (exact) mass is 379 g/mol. The highest BCUT2D eigenvalue weighted by Crippen LogP contribution is 2.32. The highest BCUT2D eigenvalue weighted by Gasteiger charge is 2.12. The summed E-state index contributed by atoms with van der Waals surface area (Å²) in [7, 11) is 0. The van der Waals surface area contributed by atoms with Crippen LogP contribution in [0.1, 0.15) is 21.4 Å². The topological polar surface area (TPSA) is 26.0 Å². The number of hydrogen-bond acceptors (Lipinski definition) is 3. The van der Waals surface area contributed by atoms with Crippen molar-refractivity contribution < 1.29 is 0 Å². The van der Waals surface area contributed by atoms with Crippen molar-refractivity contribution >= 4 is 54.5 Å². The largest absolute Gasteiger partial charge is 0.323 e. The summed E-state index contributed by atoms with van der Waals surface area (Å²) < 4.78 is 2.33. The molecule has 2 rings (SSSR count). The Morgan fingerprint density at radius 1 is 1.38 bits per heavy atom. The summed E-state index contributed by atoms with van der Waals surface area (Å²) in [5.74, 6) is 0. The van der Waals surface area contributed by atoms with Gasteiger partial charge >= 0.3 is 0 Å². The van der Waals surface area contributed by atoms with Gasteiger partial charge in [-0.1, -0.05) is 0 Å². The predicted molar refractivity (Wildman–Crippen MR) is 79.4 cm³/mol. The van der Waals surface area contributed by atoms with E-state index in [4.69, 9.17) is 5.73 Å². The van der Waals surface area contributed by atoms with Crippen molar-refractivity contribution in [2.45, 2.75) is 19.4 Å². The van der Waals surface area contributed by atoms with E-state index in [9.17, 15) is 0 Å². The smallest absolute Gasteiger partial charge is 0.0731 e. The second-order valence-electron chi connectivity index (χ2n) is 3.65. The molecular formula is C11H11Br2NS2. The Hall–Kier alpha value is 0.320. The molecule has 16 heavy (non-hydrogen) atoms. The lowest BCUT2D eigenvalue weighted by Gasteiger charge is -2.06. The Morgan fingerprint density at radius 2 is 2.12 bits per heavy atom. The number of aryl methyl sites for hydroxylation is 1. The van der Waals surface area contributed by atoms with Gasteiger partial charge in [0.2, 0.25) is 0 Å². The van der Waals surface area contributed by atoms with Crippen molar-refractivity contribution in [1.82, 2.24) is 0 Å². The van der Waals surface area contributed by atoms with Crippen LogP contribution in [-0.4, -0.2) is 0 Å². The van der Waals surface area contributed by atoms with Crippen LogP contribution in [0.25, 0.3) is 0 Å². The van der Waals surface area contributed by atoms with Crippen LogP contribution in [-0.2, 0) is 6.42 Å². The fourth-order valence-corrected chi connectivity index (χ4v) is 4.53. The molecule has 0 aliphatic carbocycles. The van der Waals surface area contributed by atoms with E-state index in [-0.39, 0.29) is 6.04 Å². The van der Waals surface area contributed by atoms with Crippen LogP contribution in [0.4, 0.5) is 0 Å². The van der Waals surface area contributed by atoms with Gasteiger partial charge in [0, 0.05) is 32.1 Å². The number of hydrogen-bond donors (Lipinski definition) is 1. The second-order valence-corrected chi connectivity index (χ2v) is 7.96. The Morgan fingerprint density at radius 3 is 2.62 bits per heavy atom. The zero-order valence-corrected chi connectivity index (χ0v) is 13.5. The molecule has 5 heteroatoms. The normalized spacial score (nSPS) is 13.0. The molecule has 2 N–H and O–H groups in total. The first-order chi connectivity index (χ1) is 7.56. The second kappa shape index (κ2) is 5.31. The zero-order valence-electron chi connectivity index (χ0n) is 8.67. The maximum Gasteiger partial charge on any atom is 0.0731 e. The summed E-state index contributed by atoms with van der Waals surface area (Å²) in [6, 6.07) is 4.41. The van der Waals surface area contributed by atoms with E-state index >= 15 is 0 Å². The van der Waals surface area contributed by atoms with Gasteiger partial charge in [0.15, 0.2) is 0 Å². The third kappa shape index (κ3) is 2.96. The minimum Gasteiger partial charge on any atom is -0.323 e. The quantitative estimate of drug-likeness (QED) is 0.806. The molecule has 0 aliphatic rings. The van der Waals surface area contributed by atoms with Gasteiger partial charge in [-0.3, -0.25) is 0 Å². The third-order valence-corrected chi connectivity index (χ3v) is 6.27. The molecule has 0 aliphatic heterocycles. The first-order valence-electron chi connectivity index (χ1n) is 4.80. The van der Waals surface area contributed by atoms with Crippen LogP contribution in [0.3, 0.4) is 0 Å². The van der Waals surface area contributed by atoms with Crippen LogP contribution in [0.5, 0.6) is 0 Å². The lowest BCUT2D eigenvalue weighted by Crippen LogP contribution is -2.10. The predicted octanol–water partition coefficient (Wildman–Crippen LogP) is 4.89. The first kappa shape index (κ1) is 12.8. The maximum absolute atomic E-state index is 6.20. The zero-order chi connectivity index (χ0) is 11.7. The molecule has 86 valence electrons. The molecule has 0 spiro atoms. The van der Waals surface area contributed by atoms with E-state index in [1.54, 1.807) is 22.7 Å². The van der Waals surface area contributed by atoms with Gasteiger partial charge in [0.1, 0.15) is 0 Å². The fraction of sp³-hybridized carbons (Fsp3) is 0.273. The highest BCUT2D eigenvalue weighted by molar-refractivity contribution is 9.11. The molecule has 1 unspecified atom stereocenters. The van der Waals surface area contributed by atoms with Crippen molar-refractivity contribution in [3.63, 3.8) is 0 Å². The van der Waals surface area contributed by atoms with Crippen LogP contribution in [0.15, 0.2) is 25.8 Å². The van der Waals surface area contributed by atoms with E-state index in [2.05, 4.69) is 56.3 Å². The van der Waals surface area contributed by atoms with Crippen LogP contribution in [0.2, 0.25) is 0 Å². The average Bonchev–Trinajstić information content (AvgIpc) is 2.75. The van der Waals surface area contributed by atoms with E-state index in [1.165, 1.54) is 19.1 Å². The average molecular weight is 381 g/mol. The van der Waals surface area contributed by atoms with Gasteiger partial charge in [-0.05, 0) is 56.5 Å². The molecule has 0 radical (unpaired) electrons. The van der Waals surface area contributed by atoms with Crippen LogP contribution in [0, 0.1) is 6.92 Å². The maximum atomic E-state index is 6.20. The number of rotatable bonds is 3. The highest BCUT2D eigenvalue weighted by atomic mass is 79.9. The summed E-state index contributed by atoms with van der Waals surface area (Å²) in [5, 5.41) is 2.09. The summed E-state index contributed by atoms with van der Waals surface area (Å²) >= 11 is 10.5. The Labute approximate surface area is 120 Å².